The molecule has 0 atom stereocenters. The van der Waals surface area contributed by atoms with E-state index in [1.807, 2.05) is 20.8 Å². The van der Waals surface area contributed by atoms with Crippen molar-refractivity contribution in [3.63, 3.8) is 0 Å². The van der Waals surface area contributed by atoms with Crippen LogP contribution in [0.4, 0.5) is 13.2 Å². The molecule has 0 radical (unpaired) electrons. The summed E-state index contributed by atoms with van der Waals surface area (Å²) < 4.78 is 42.2. The molecule has 0 saturated carbocycles. The zero-order valence-electron chi connectivity index (χ0n) is 13.9. The molecular weight excluding hydrogens is 311 g/mol. The Morgan fingerprint density at radius 2 is 2.00 bits per heavy atom. The molecule has 0 aliphatic heterocycles. The van der Waals surface area contributed by atoms with Crippen LogP contribution in [0.2, 0.25) is 0 Å². The van der Waals surface area contributed by atoms with Gasteiger partial charge in [-0.05, 0) is 27.8 Å². The highest BCUT2D eigenvalue weighted by molar-refractivity contribution is 5.79. The van der Waals surface area contributed by atoms with Gasteiger partial charge in [0.2, 0.25) is 5.89 Å². The molecule has 132 valence electrons. The first kappa shape index (κ1) is 19.3. The van der Waals surface area contributed by atoms with Gasteiger partial charge in [0.1, 0.15) is 12.3 Å². The molecule has 0 amide bonds. The van der Waals surface area contributed by atoms with Crippen molar-refractivity contribution in [3.05, 3.63) is 17.3 Å². The van der Waals surface area contributed by atoms with Gasteiger partial charge in [-0.2, -0.15) is 13.2 Å². The van der Waals surface area contributed by atoms with Crippen LogP contribution in [0.3, 0.4) is 0 Å². The van der Waals surface area contributed by atoms with E-state index in [1.165, 1.54) is 11.9 Å². The summed E-state index contributed by atoms with van der Waals surface area (Å²) >= 11 is 0. The highest BCUT2D eigenvalue weighted by atomic mass is 19.4. The lowest BCUT2D eigenvalue weighted by molar-refractivity contribution is -0.142. The fourth-order valence-corrected chi connectivity index (χ4v) is 1.85. The van der Waals surface area contributed by atoms with Crippen molar-refractivity contribution >= 4 is 5.96 Å². The molecule has 0 bridgehead atoms. The summed E-state index contributed by atoms with van der Waals surface area (Å²) in [4.78, 5) is 9.74. The minimum absolute atomic E-state index is 0.251. The molecule has 0 aliphatic rings. The topological polar surface area (TPSA) is 65.7 Å². The van der Waals surface area contributed by atoms with Crippen LogP contribution in [-0.4, -0.2) is 55.2 Å². The quantitative estimate of drug-likeness (QED) is 0.588. The smallest absolute Gasteiger partial charge is 0.401 e. The number of halogens is 3. The number of rotatable bonds is 7. The molecule has 1 rings (SSSR count). The molecule has 9 heteroatoms. The summed E-state index contributed by atoms with van der Waals surface area (Å²) in [5.74, 6) is 1.77. The largest absolute Gasteiger partial charge is 0.444 e. The maximum Gasteiger partial charge on any atom is 0.401 e. The van der Waals surface area contributed by atoms with E-state index in [1.54, 1.807) is 0 Å². The van der Waals surface area contributed by atoms with E-state index in [0.717, 1.165) is 11.5 Å². The van der Waals surface area contributed by atoms with Crippen LogP contribution >= 0.6 is 0 Å². The van der Waals surface area contributed by atoms with Crippen molar-refractivity contribution in [2.24, 2.45) is 4.99 Å². The van der Waals surface area contributed by atoms with Crippen molar-refractivity contribution in [2.45, 2.75) is 33.5 Å². The Hall–Kier alpha value is -1.77. The minimum atomic E-state index is -4.19. The van der Waals surface area contributed by atoms with Crippen LogP contribution in [0.15, 0.2) is 9.41 Å². The number of nitrogens with one attached hydrogen (secondary N) is 2. The Morgan fingerprint density at radius 3 is 2.52 bits per heavy atom. The lowest BCUT2D eigenvalue weighted by Crippen LogP contribution is -2.42. The lowest BCUT2D eigenvalue weighted by atomic mass is 10.4. The SMILES string of the molecule is CCNC(=NCc1nc(C)c(C)o1)NCCN(C)CC(F)(F)F. The van der Waals surface area contributed by atoms with Crippen molar-refractivity contribution in [1.82, 2.24) is 20.5 Å². The van der Waals surface area contributed by atoms with E-state index in [2.05, 4.69) is 20.6 Å². The minimum Gasteiger partial charge on any atom is -0.444 e. The van der Waals surface area contributed by atoms with Gasteiger partial charge in [0.05, 0.1) is 12.2 Å². The molecule has 0 aliphatic carbocycles. The predicted octanol–water partition coefficient (Wildman–Crippen LogP) is 1.84. The number of hydrogen-bond acceptors (Lipinski definition) is 4. The van der Waals surface area contributed by atoms with Crippen LogP contribution in [0.5, 0.6) is 0 Å². The Balaban J connectivity index is 2.46. The van der Waals surface area contributed by atoms with Gasteiger partial charge < -0.3 is 15.1 Å². The number of nitrogens with zero attached hydrogens (tertiary/aromatic N) is 3. The second-order valence-corrected chi connectivity index (χ2v) is 5.22. The monoisotopic (exact) mass is 335 g/mol. The third-order valence-corrected chi connectivity index (χ3v) is 3.02. The number of guanidine groups is 1. The summed E-state index contributed by atoms with van der Waals surface area (Å²) in [5.41, 5.74) is 0.821. The molecule has 0 saturated heterocycles. The van der Waals surface area contributed by atoms with E-state index < -0.39 is 12.7 Å². The average molecular weight is 335 g/mol. The highest BCUT2D eigenvalue weighted by Gasteiger charge is 2.28. The molecule has 6 nitrogen and oxygen atoms in total. The molecular formula is C14H24F3N5O. The molecule has 23 heavy (non-hydrogen) atoms. The van der Waals surface area contributed by atoms with E-state index in [9.17, 15) is 13.2 Å². The molecule has 0 aromatic carbocycles. The van der Waals surface area contributed by atoms with Gasteiger partial charge in [-0.1, -0.05) is 0 Å². The van der Waals surface area contributed by atoms with Crippen molar-refractivity contribution in [3.8, 4) is 0 Å². The maximum absolute atomic E-state index is 12.2. The van der Waals surface area contributed by atoms with Gasteiger partial charge in [-0.25, -0.2) is 9.98 Å². The van der Waals surface area contributed by atoms with Gasteiger partial charge >= 0.3 is 6.18 Å². The van der Waals surface area contributed by atoms with Crippen molar-refractivity contribution < 1.29 is 17.6 Å². The van der Waals surface area contributed by atoms with E-state index in [4.69, 9.17) is 4.42 Å². The van der Waals surface area contributed by atoms with Gasteiger partial charge in [0, 0.05) is 19.6 Å². The summed E-state index contributed by atoms with van der Waals surface area (Å²) in [6.45, 7) is 6.17. The Morgan fingerprint density at radius 1 is 1.30 bits per heavy atom. The number of hydrogen-bond donors (Lipinski definition) is 2. The Bertz CT molecular complexity index is 494. The lowest BCUT2D eigenvalue weighted by Gasteiger charge is -2.19. The van der Waals surface area contributed by atoms with Gasteiger partial charge in [0.25, 0.3) is 0 Å². The molecule has 1 aromatic rings. The summed E-state index contributed by atoms with van der Waals surface area (Å²) in [5, 5.41) is 6.01. The first-order chi connectivity index (χ1) is 10.7. The van der Waals surface area contributed by atoms with Crippen LogP contribution in [0, 0.1) is 13.8 Å². The second kappa shape index (κ2) is 8.76. The standard InChI is InChI=1S/C14H24F3N5O/c1-5-18-13(19-6-7-22(4)9-14(15,16)17)20-8-12-21-10(2)11(3)23-12/h5-9H2,1-4H3,(H2,18,19,20). The molecule has 0 spiro atoms. The molecule has 0 unspecified atom stereocenters. The van der Waals surface area contributed by atoms with Gasteiger partial charge in [-0.3, -0.25) is 4.90 Å². The number of likely N-dealkylation sites (N-methyl/N-ethyl adjacent to an activating group) is 1. The molecule has 1 aromatic heterocycles. The van der Waals surface area contributed by atoms with Crippen LogP contribution in [0.25, 0.3) is 0 Å². The number of oxazole rings is 1. The number of alkyl halides is 3. The number of aryl methyl sites for hydroxylation is 2. The highest BCUT2D eigenvalue weighted by Crippen LogP contribution is 2.15. The van der Waals surface area contributed by atoms with Gasteiger partial charge in [-0.15, -0.1) is 0 Å². The van der Waals surface area contributed by atoms with Crippen molar-refractivity contribution in [2.75, 3.05) is 33.2 Å². The Labute approximate surface area is 134 Å². The van der Waals surface area contributed by atoms with Crippen LogP contribution in [-0.2, 0) is 6.54 Å². The third kappa shape index (κ3) is 7.87. The first-order valence-electron chi connectivity index (χ1n) is 7.41. The Kier molecular flexibility index (Phi) is 7.34. The number of aromatic nitrogens is 1. The predicted molar refractivity (Wildman–Crippen MR) is 82.3 cm³/mol. The normalized spacial score (nSPS) is 12.8. The fraction of sp³-hybridized carbons (Fsp3) is 0.714. The summed E-state index contributed by atoms with van der Waals surface area (Å²) in [6, 6.07) is 0. The third-order valence-electron chi connectivity index (χ3n) is 3.02. The zero-order valence-corrected chi connectivity index (χ0v) is 13.9. The summed E-state index contributed by atoms with van der Waals surface area (Å²) in [6.07, 6.45) is -4.19. The first-order valence-corrected chi connectivity index (χ1v) is 7.41. The zero-order chi connectivity index (χ0) is 17.5. The van der Waals surface area contributed by atoms with Crippen LogP contribution < -0.4 is 10.6 Å². The molecule has 1 heterocycles. The van der Waals surface area contributed by atoms with Crippen molar-refractivity contribution in [1.29, 1.82) is 0 Å². The van der Waals surface area contributed by atoms with Crippen LogP contribution in [0.1, 0.15) is 24.3 Å². The van der Waals surface area contributed by atoms with E-state index >= 15 is 0 Å². The van der Waals surface area contributed by atoms with E-state index in [-0.39, 0.29) is 13.1 Å². The number of aliphatic imine (C=N–C) groups is 1. The molecule has 2 N–H and O–H groups in total. The summed E-state index contributed by atoms with van der Waals surface area (Å²) in [7, 11) is 1.43. The van der Waals surface area contributed by atoms with Gasteiger partial charge in [0.15, 0.2) is 5.96 Å². The molecule has 0 fully saturated rings. The fourth-order valence-electron chi connectivity index (χ4n) is 1.85. The maximum atomic E-state index is 12.2. The second-order valence-electron chi connectivity index (χ2n) is 5.22. The van der Waals surface area contributed by atoms with E-state index in [0.29, 0.717) is 24.9 Å². The average Bonchev–Trinajstić information content (AvgIpc) is 2.73.